The molecule has 2 N–H and O–H groups in total. The lowest BCUT2D eigenvalue weighted by atomic mass is 9.81. The van der Waals surface area contributed by atoms with E-state index in [4.69, 9.17) is 0 Å². The minimum Gasteiger partial charge on any atom is -0.356 e. The molecule has 0 aromatic carbocycles. The monoisotopic (exact) mass is 266 g/mol. The summed E-state index contributed by atoms with van der Waals surface area (Å²) in [6.07, 6.45) is 11.2. The smallest absolute Gasteiger partial charge is 0.227 e. The van der Waals surface area contributed by atoms with Crippen molar-refractivity contribution >= 4 is 5.91 Å². The largest absolute Gasteiger partial charge is 0.356 e. The van der Waals surface area contributed by atoms with Crippen LogP contribution in [-0.2, 0) is 4.79 Å². The number of hydrogen-bond acceptors (Lipinski definition) is 2. The highest BCUT2D eigenvalue weighted by molar-refractivity contribution is 5.83. The predicted molar refractivity (Wildman–Crippen MR) is 79.0 cm³/mol. The van der Waals surface area contributed by atoms with Gasteiger partial charge >= 0.3 is 0 Å². The Morgan fingerprint density at radius 1 is 1.32 bits per heavy atom. The summed E-state index contributed by atoms with van der Waals surface area (Å²) < 4.78 is 0. The van der Waals surface area contributed by atoms with Gasteiger partial charge < -0.3 is 10.6 Å². The zero-order chi connectivity index (χ0) is 13.6. The molecule has 110 valence electrons. The van der Waals surface area contributed by atoms with Gasteiger partial charge in [0.05, 0.1) is 5.41 Å². The van der Waals surface area contributed by atoms with Gasteiger partial charge in [-0.3, -0.25) is 4.79 Å². The molecule has 2 rings (SSSR count). The third-order valence-corrected chi connectivity index (χ3v) is 5.02. The van der Waals surface area contributed by atoms with Crippen molar-refractivity contribution in [1.29, 1.82) is 0 Å². The van der Waals surface area contributed by atoms with Crippen molar-refractivity contribution in [3.05, 3.63) is 0 Å². The Hall–Kier alpha value is -0.570. The van der Waals surface area contributed by atoms with Crippen molar-refractivity contribution in [1.82, 2.24) is 10.6 Å². The van der Waals surface area contributed by atoms with Gasteiger partial charge in [-0.05, 0) is 31.7 Å². The number of carbonyl (C=O) groups is 1. The molecule has 0 aromatic heterocycles. The summed E-state index contributed by atoms with van der Waals surface area (Å²) >= 11 is 0. The lowest BCUT2D eigenvalue weighted by Gasteiger charge is -2.27. The molecule has 1 saturated carbocycles. The maximum atomic E-state index is 12.4. The molecule has 0 spiro atoms. The third-order valence-electron chi connectivity index (χ3n) is 5.02. The molecule has 3 nitrogen and oxygen atoms in total. The zero-order valence-corrected chi connectivity index (χ0v) is 12.5. The summed E-state index contributed by atoms with van der Waals surface area (Å²) in [4.78, 5) is 12.4. The first-order chi connectivity index (χ1) is 9.27. The molecule has 1 unspecified atom stereocenters. The molecule has 3 heteroatoms. The molecule has 0 radical (unpaired) electrons. The third kappa shape index (κ3) is 3.95. The second-order valence-corrected chi connectivity index (χ2v) is 6.51. The Balaban J connectivity index is 1.73. The quantitative estimate of drug-likeness (QED) is 0.776. The predicted octanol–water partition coefficient (Wildman–Crippen LogP) is 2.85. The zero-order valence-electron chi connectivity index (χ0n) is 12.5. The van der Waals surface area contributed by atoms with Gasteiger partial charge in [0, 0.05) is 13.1 Å². The Labute approximate surface area is 117 Å². The van der Waals surface area contributed by atoms with E-state index in [0.717, 1.165) is 44.8 Å². The van der Waals surface area contributed by atoms with E-state index >= 15 is 0 Å². The van der Waals surface area contributed by atoms with Crippen LogP contribution in [0, 0.1) is 11.3 Å². The number of hydrogen-bond donors (Lipinski definition) is 2. The maximum absolute atomic E-state index is 12.4. The summed E-state index contributed by atoms with van der Waals surface area (Å²) in [5, 5.41) is 6.58. The van der Waals surface area contributed by atoms with E-state index in [1.165, 1.54) is 38.5 Å². The first-order valence-corrected chi connectivity index (χ1v) is 8.26. The fraction of sp³-hybridized carbons (Fsp3) is 0.938. The topological polar surface area (TPSA) is 41.1 Å². The second kappa shape index (κ2) is 7.28. The van der Waals surface area contributed by atoms with Gasteiger partial charge in [0.1, 0.15) is 0 Å². The highest BCUT2D eigenvalue weighted by Gasteiger charge is 2.39. The van der Waals surface area contributed by atoms with Crippen molar-refractivity contribution in [2.45, 2.75) is 64.7 Å². The normalized spacial score (nSPS) is 28.5. The van der Waals surface area contributed by atoms with Crippen LogP contribution in [0.5, 0.6) is 0 Å². The van der Waals surface area contributed by atoms with E-state index in [0.29, 0.717) is 5.91 Å². The molecule has 1 heterocycles. The molecule has 1 saturated heterocycles. The van der Waals surface area contributed by atoms with Gasteiger partial charge in [-0.1, -0.05) is 45.4 Å². The SMILES string of the molecule is CCCC1(C(=O)NCCC2CCCCC2)CCNC1. The molecule has 19 heavy (non-hydrogen) atoms. The van der Waals surface area contributed by atoms with Gasteiger partial charge in [-0.15, -0.1) is 0 Å². The summed E-state index contributed by atoms with van der Waals surface area (Å²) in [6.45, 7) is 4.93. The molecular weight excluding hydrogens is 236 g/mol. The molecule has 1 aliphatic carbocycles. The van der Waals surface area contributed by atoms with Crippen molar-refractivity contribution in [2.75, 3.05) is 19.6 Å². The fourth-order valence-corrected chi connectivity index (χ4v) is 3.80. The summed E-state index contributed by atoms with van der Waals surface area (Å²) in [5.74, 6) is 1.16. The van der Waals surface area contributed by atoms with Crippen molar-refractivity contribution in [3.63, 3.8) is 0 Å². The van der Waals surface area contributed by atoms with Crippen LogP contribution >= 0.6 is 0 Å². The van der Waals surface area contributed by atoms with E-state index in [9.17, 15) is 4.79 Å². The van der Waals surface area contributed by atoms with Crippen molar-refractivity contribution in [2.24, 2.45) is 11.3 Å². The Kier molecular flexibility index (Phi) is 5.68. The van der Waals surface area contributed by atoms with Crippen LogP contribution in [0.4, 0.5) is 0 Å². The second-order valence-electron chi connectivity index (χ2n) is 6.51. The average molecular weight is 266 g/mol. The van der Waals surface area contributed by atoms with Crippen LogP contribution in [0.1, 0.15) is 64.7 Å². The summed E-state index contributed by atoms with van der Waals surface area (Å²) in [6, 6.07) is 0. The maximum Gasteiger partial charge on any atom is 0.227 e. The molecule has 2 aliphatic rings. The Morgan fingerprint density at radius 2 is 2.11 bits per heavy atom. The van der Waals surface area contributed by atoms with Gasteiger partial charge in [-0.25, -0.2) is 0 Å². The van der Waals surface area contributed by atoms with E-state index < -0.39 is 0 Å². The van der Waals surface area contributed by atoms with Crippen LogP contribution in [0.15, 0.2) is 0 Å². The average Bonchev–Trinajstić information content (AvgIpc) is 2.90. The number of rotatable bonds is 6. The van der Waals surface area contributed by atoms with E-state index in [2.05, 4.69) is 17.6 Å². The van der Waals surface area contributed by atoms with E-state index in [1.54, 1.807) is 0 Å². The van der Waals surface area contributed by atoms with Crippen LogP contribution < -0.4 is 10.6 Å². The molecule has 1 atom stereocenters. The lowest BCUT2D eigenvalue weighted by Crippen LogP contribution is -2.43. The molecule has 0 aromatic rings. The number of amides is 1. The first-order valence-electron chi connectivity index (χ1n) is 8.26. The van der Waals surface area contributed by atoms with E-state index in [1.807, 2.05) is 0 Å². The molecule has 0 bridgehead atoms. The van der Waals surface area contributed by atoms with Crippen LogP contribution in [0.3, 0.4) is 0 Å². The van der Waals surface area contributed by atoms with Crippen LogP contribution in [0.2, 0.25) is 0 Å². The molecule has 2 fully saturated rings. The summed E-state index contributed by atoms with van der Waals surface area (Å²) in [5.41, 5.74) is -0.110. The summed E-state index contributed by atoms with van der Waals surface area (Å²) in [7, 11) is 0. The van der Waals surface area contributed by atoms with E-state index in [-0.39, 0.29) is 5.41 Å². The number of carbonyl (C=O) groups excluding carboxylic acids is 1. The Morgan fingerprint density at radius 3 is 2.74 bits per heavy atom. The fourth-order valence-electron chi connectivity index (χ4n) is 3.80. The van der Waals surface area contributed by atoms with Gasteiger partial charge in [0.25, 0.3) is 0 Å². The molecule has 1 amide bonds. The van der Waals surface area contributed by atoms with Crippen LogP contribution in [0.25, 0.3) is 0 Å². The molecular formula is C16H30N2O. The van der Waals surface area contributed by atoms with Gasteiger partial charge in [-0.2, -0.15) is 0 Å². The molecule has 1 aliphatic heterocycles. The Bertz CT molecular complexity index is 278. The van der Waals surface area contributed by atoms with Gasteiger partial charge in [0.2, 0.25) is 5.91 Å². The standard InChI is InChI=1S/C16H30N2O/c1-2-9-16(10-12-17-13-16)15(19)18-11-8-14-6-4-3-5-7-14/h14,17H,2-13H2,1H3,(H,18,19). The lowest BCUT2D eigenvalue weighted by molar-refractivity contribution is -0.130. The highest BCUT2D eigenvalue weighted by Crippen LogP contribution is 2.31. The van der Waals surface area contributed by atoms with Gasteiger partial charge in [0.15, 0.2) is 0 Å². The highest BCUT2D eigenvalue weighted by atomic mass is 16.2. The first kappa shape index (κ1) is 14.8. The van der Waals surface area contributed by atoms with Crippen molar-refractivity contribution in [3.8, 4) is 0 Å². The van der Waals surface area contributed by atoms with Crippen molar-refractivity contribution < 1.29 is 4.79 Å². The minimum absolute atomic E-state index is 0.110. The minimum atomic E-state index is -0.110. The van der Waals surface area contributed by atoms with Crippen LogP contribution in [-0.4, -0.2) is 25.5 Å². The number of nitrogens with one attached hydrogen (secondary N) is 2.